The van der Waals surface area contributed by atoms with Gasteiger partial charge in [0, 0.05) is 68.3 Å². The molecule has 0 radical (unpaired) electrons. The lowest BCUT2D eigenvalue weighted by Gasteiger charge is -2.30. The van der Waals surface area contributed by atoms with Gasteiger partial charge in [-0.2, -0.15) is 0 Å². The predicted molar refractivity (Wildman–Crippen MR) is 130 cm³/mol. The van der Waals surface area contributed by atoms with E-state index < -0.39 is 0 Å². The molecule has 168 valence electrons. The van der Waals surface area contributed by atoms with E-state index in [0.717, 1.165) is 52.1 Å². The van der Waals surface area contributed by atoms with Crippen molar-refractivity contribution in [2.75, 3.05) is 5.75 Å². The molecule has 2 heterocycles. The molecule has 1 aromatic carbocycles. The van der Waals surface area contributed by atoms with Crippen LogP contribution in [0.5, 0.6) is 11.8 Å². The summed E-state index contributed by atoms with van der Waals surface area (Å²) < 4.78 is 1.72. The second-order valence-electron chi connectivity index (χ2n) is 9.54. The fourth-order valence-electron chi connectivity index (χ4n) is 5.85. The number of rotatable bonds is 8. The number of hydrogen-bond donors (Lipinski definition) is 4. The summed E-state index contributed by atoms with van der Waals surface area (Å²) in [6.07, 6.45) is 10.5. The molecule has 0 spiro atoms. The van der Waals surface area contributed by atoms with Crippen LogP contribution in [0.3, 0.4) is 0 Å². The summed E-state index contributed by atoms with van der Waals surface area (Å²) in [6.45, 7) is 0.625. The van der Waals surface area contributed by atoms with Gasteiger partial charge in [0.1, 0.15) is 0 Å². The highest BCUT2D eigenvalue weighted by Crippen LogP contribution is 2.67. The van der Waals surface area contributed by atoms with Crippen molar-refractivity contribution in [2.24, 2.45) is 17.6 Å². The molecule has 5 atom stereocenters. The number of unbranched alkanes of at least 4 members (excludes halogenated alkanes) is 1. The van der Waals surface area contributed by atoms with E-state index in [-0.39, 0.29) is 29.6 Å². The van der Waals surface area contributed by atoms with E-state index in [4.69, 9.17) is 17.3 Å². The monoisotopic (exact) mass is 469 g/mol. The smallest absolute Gasteiger partial charge is 0.198 e. The zero-order chi connectivity index (χ0) is 22.0. The third-order valence-electron chi connectivity index (χ3n) is 7.55. The maximum absolute atomic E-state index is 10.8. The Morgan fingerprint density at radius 1 is 1.12 bits per heavy atom. The van der Waals surface area contributed by atoms with Gasteiger partial charge in [-0.15, -0.1) is 11.8 Å². The molecule has 32 heavy (non-hydrogen) atoms. The van der Waals surface area contributed by atoms with Gasteiger partial charge in [-0.3, -0.25) is 4.57 Å². The average Bonchev–Trinajstić information content (AvgIpc) is 3.47. The van der Waals surface area contributed by atoms with Gasteiger partial charge in [-0.25, -0.2) is 0 Å². The molecule has 3 aromatic rings. The molecule has 1 fully saturated rings. The number of thioether (sulfide) groups is 1. The average molecular weight is 470 g/mol. The lowest BCUT2D eigenvalue weighted by Crippen LogP contribution is -2.22. The van der Waals surface area contributed by atoms with Gasteiger partial charge in [-0.05, 0) is 49.3 Å². The SMILES string of the molecule is NC(CCCCn1c(O)c2c(c1O)C1C=CC2C2CC12)CSc1c[nH]c2ccc(Cl)cc12. The Morgan fingerprint density at radius 3 is 2.56 bits per heavy atom. The highest BCUT2D eigenvalue weighted by molar-refractivity contribution is 7.99. The van der Waals surface area contributed by atoms with Crippen LogP contribution in [-0.2, 0) is 6.54 Å². The first-order chi connectivity index (χ1) is 15.5. The molecule has 4 aliphatic rings. The van der Waals surface area contributed by atoms with Gasteiger partial charge in [0.25, 0.3) is 0 Å². The van der Waals surface area contributed by atoms with Crippen molar-refractivity contribution in [3.63, 3.8) is 0 Å². The van der Waals surface area contributed by atoms with Crippen molar-refractivity contribution in [2.45, 2.75) is 55.0 Å². The molecule has 2 aromatic heterocycles. The molecule has 1 saturated carbocycles. The minimum absolute atomic E-state index is 0.0938. The highest BCUT2D eigenvalue weighted by Gasteiger charge is 2.56. The fourth-order valence-corrected chi connectivity index (χ4v) is 7.05. The van der Waals surface area contributed by atoms with Gasteiger partial charge in [0.05, 0.1) is 0 Å². The molecule has 5 unspecified atom stereocenters. The van der Waals surface area contributed by atoms with E-state index in [2.05, 4.69) is 17.1 Å². The summed E-state index contributed by atoms with van der Waals surface area (Å²) in [6, 6.07) is 5.97. The number of aromatic amines is 1. The number of nitrogens with zero attached hydrogens (tertiary/aromatic N) is 1. The van der Waals surface area contributed by atoms with Gasteiger partial charge in [0.2, 0.25) is 0 Å². The summed E-state index contributed by atoms with van der Waals surface area (Å²) in [5.74, 6) is 3.31. The number of benzene rings is 1. The van der Waals surface area contributed by atoms with Gasteiger partial charge in [0.15, 0.2) is 11.8 Å². The molecule has 5 N–H and O–H groups in total. The number of H-pyrrole nitrogens is 1. The van der Waals surface area contributed by atoms with Crippen LogP contribution in [-0.4, -0.2) is 31.6 Å². The van der Waals surface area contributed by atoms with E-state index in [0.29, 0.717) is 18.4 Å². The first kappa shape index (κ1) is 20.6. The zero-order valence-electron chi connectivity index (χ0n) is 17.8. The molecule has 7 heteroatoms. The maximum Gasteiger partial charge on any atom is 0.198 e. The lowest BCUT2D eigenvalue weighted by molar-refractivity contribution is 0.358. The molecule has 4 aliphatic carbocycles. The van der Waals surface area contributed by atoms with E-state index in [1.54, 1.807) is 16.3 Å². The van der Waals surface area contributed by atoms with Crippen molar-refractivity contribution < 1.29 is 10.2 Å². The van der Waals surface area contributed by atoms with Gasteiger partial charge in [-0.1, -0.05) is 30.2 Å². The number of nitrogens with one attached hydrogen (secondary N) is 1. The number of aromatic nitrogens is 2. The van der Waals surface area contributed by atoms with Gasteiger partial charge >= 0.3 is 0 Å². The number of aromatic hydroxyl groups is 2. The van der Waals surface area contributed by atoms with E-state index in [9.17, 15) is 10.2 Å². The minimum Gasteiger partial charge on any atom is -0.494 e. The Hall–Kier alpha value is -2.02. The maximum atomic E-state index is 10.8. The second-order valence-corrected chi connectivity index (χ2v) is 11.0. The Morgan fingerprint density at radius 2 is 1.84 bits per heavy atom. The largest absolute Gasteiger partial charge is 0.494 e. The summed E-state index contributed by atoms with van der Waals surface area (Å²) in [5, 5.41) is 23.6. The van der Waals surface area contributed by atoms with Gasteiger partial charge < -0.3 is 20.9 Å². The third kappa shape index (κ3) is 3.27. The van der Waals surface area contributed by atoms with Crippen LogP contribution in [0.1, 0.15) is 48.6 Å². The standard InChI is InChI=1S/C25H28ClN3O2S/c26-13-4-7-20-19(9-13)21(11-28-20)32-12-14(27)3-1-2-8-29-24(30)22-15-5-6-16(18-10-17(15)18)23(22)25(29)31/h4-7,9,11,14-18,28,30-31H,1-3,8,10,12,27H2. The molecule has 5 nitrogen and oxygen atoms in total. The quantitative estimate of drug-likeness (QED) is 0.193. The summed E-state index contributed by atoms with van der Waals surface area (Å²) >= 11 is 7.90. The zero-order valence-corrected chi connectivity index (χ0v) is 19.4. The fraction of sp³-hybridized carbons (Fsp3) is 0.440. The van der Waals surface area contributed by atoms with Crippen LogP contribution in [0, 0.1) is 11.8 Å². The molecule has 0 saturated heterocycles. The molecule has 0 aliphatic heterocycles. The second kappa shape index (κ2) is 7.79. The third-order valence-corrected chi connectivity index (χ3v) is 9.03. The summed E-state index contributed by atoms with van der Waals surface area (Å²) in [5.41, 5.74) is 9.43. The minimum atomic E-state index is 0.0938. The predicted octanol–water partition coefficient (Wildman–Crippen LogP) is 5.71. The van der Waals surface area contributed by atoms with Crippen molar-refractivity contribution in [1.29, 1.82) is 0 Å². The Balaban J connectivity index is 1.03. The van der Waals surface area contributed by atoms with Crippen LogP contribution < -0.4 is 5.73 Å². The van der Waals surface area contributed by atoms with Crippen LogP contribution in [0.2, 0.25) is 5.02 Å². The van der Waals surface area contributed by atoms with Crippen molar-refractivity contribution in [3.05, 3.63) is 52.7 Å². The van der Waals surface area contributed by atoms with E-state index in [1.807, 2.05) is 24.4 Å². The van der Waals surface area contributed by atoms with Crippen LogP contribution >= 0.6 is 23.4 Å². The molecule has 7 rings (SSSR count). The van der Waals surface area contributed by atoms with Crippen LogP contribution in [0.25, 0.3) is 10.9 Å². The van der Waals surface area contributed by atoms with Crippen LogP contribution in [0.15, 0.2) is 41.4 Å². The number of fused-ring (bicyclic) bond motifs is 1. The molecule has 0 amide bonds. The van der Waals surface area contributed by atoms with Crippen molar-refractivity contribution >= 4 is 34.3 Å². The highest BCUT2D eigenvalue weighted by atomic mass is 35.5. The van der Waals surface area contributed by atoms with Crippen molar-refractivity contribution in [3.8, 4) is 11.8 Å². The molecular weight excluding hydrogens is 442 g/mol. The first-order valence-electron chi connectivity index (χ1n) is 11.5. The number of halogens is 1. The first-order valence-corrected chi connectivity index (χ1v) is 12.9. The number of allylic oxidation sites excluding steroid dienone is 2. The van der Waals surface area contributed by atoms with E-state index >= 15 is 0 Å². The number of nitrogens with two attached hydrogens (primary N) is 1. The normalized spacial score (nSPS) is 25.8. The van der Waals surface area contributed by atoms with Crippen molar-refractivity contribution in [1.82, 2.24) is 9.55 Å². The number of hydrogen-bond acceptors (Lipinski definition) is 4. The topological polar surface area (TPSA) is 87.2 Å². The Kier molecular flexibility index (Phi) is 5.01. The Labute approximate surface area is 196 Å². The lowest BCUT2D eigenvalue weighted by atomic mass is 9.73. The van der Waals surface area contributed by atoms with Crippen LogP contribution in [0.4, 0.5) is 0 Å². The molecular formula is C25H28ClN3O2S. The van der Waals surface area contributed by atoms with E-state index in [1.165, 1.54) is 11.3 Å². The summed E-state index contributed by atoms with van der Waals surface area (Å²) in [7, 11) is 0. The molecule has 2 bridgehead atoms. The Bertz CT molecular complexity index is 1170. The summed E-state index contributed by atoms with van der Waals surface area (Å²) in [4.78, 5) is 4.45.